The highest BCUT2D eigenvalue weighted by atomic mass is 19.1. The number of halogens is 1. The van der Waals surface area contributed by atoms with Crippen LogP contribution in [0, 0.1) is 5.82 Å². The van der Waals surface area contributed by atoms with Gasteiger partial charge in [-0.1, -0.05) is 5.16 Å². The summed E-state index contributed by atoms with van der Waals surface area (Å²) in [5.74, 6) is -0.565. The van der Waals surface area contributed by atoms with Gasteiger partial charge in [0, 0.05) is 17.7 Å². The molecule has 14 heavy (non-hydrogen) atoms. The van der Waals surface area contributed by atoms with Crippen molar-refractivity contribution in [2.75, 3.05) is 5.73 Å². The van der Waals surface area contributed by atoms with Gasteiger partial charge in [-0.3, -0.25) is 0 Å². The number of rotatable bonds is 1. The zero-order valence-electron chi connectivity index (χ0n) is 7.07. The second kappa shape index (κ2) is 3.02. The maximum Gasteiger partial charge on any atom is 0.222 e. The Balaban J connectivity index is 2.52. The SMILES string of the molecule is Nc1cc(-c2ccc(F)cc2O)no1. The fraction of sp³-hybridized carbons (Fsp3) is 0. The molecule has 1 aromatic heterocycles. The molecule has 1 aromatic carbocycles. The minimum Gasteiger partial charge on any atom is -0.507 e. The van der Waals surface area contributed by atoms with E-state index in [2.05, 4.69) is 9.68 Å². The first-order valence-electron chi connectivity index (χ1n) is 3.88. The Hall–Kier alpha value is -2.04. The number of aromatic nitrogens is 1. The van der Waals surface area contributed by atoms with Gasteiger partial charge in [0.15, 0.2) is 0 Å². The third kappa shape index (κ3) is 1.39. The molecule has 2 rings (SSSR count). The maximum atomic E-state index is 12.6. The minimum absolute atomic E-state index is 0.142. The molecule has 0 aliphatic rings. The van der Waals surface area contributed by atoms with E-state index in [1.165, 1.54) is 18.2 Å². The van der Waals surface area contributed by atoms with Crippen LogP contribution in [0.3, 0.4) is 0 Å². The lowest BCUT2D eigenvalue weighted by Gasteiger charge is -1.98. The smallest absolute Gasteiger partial charge is 0.222 e. The quantitative estimate of drug-likeness (QED) is 0.725. The molecule has 4 nitrogen and oxygen atoms in total. The Labute approximate surface area is 78.8 Å². The summed E-state index contributed by atoms with van der Waals surface area (Å²) in [6, 6.07) is 5.08. The van der Waals surface area contributed by atoms with E-state index >= 15 is 0 Å². The van der Waals surface area contributed by atoms with Crippen molar-refractivity contribution in [2.24, 2.45) is 0 Å². The molecule has 5 heteroatoms. The maximum absolute atomic E-state index is 12.6. The number of nitrogen functional groups attached to an aromatic ring is 1. The molecule has 0 bridgehead atoms. The number of hydrogen-bond acceptors (Lipinski definition) is 4. The third-order valence-corrected chi connectivity index (χ3v) is 1.76. The number of nitrogens with two attached hydrogens (primary N) is 1. The van der Waals surface area contributed by atoms with Gasteiger partial charge >= 0.3 is 0 Å². The van der Waals surface area contributed by atoms with Crippen LogP contribution in [0.1, 0.15) is 0 Å². The number of aromatic hydroxyl groups is 1. The van der Waals surface area contributed by atoms with Gasteiger partial charge in [-0.25, -0.2) is 4.39 Å². The van der Waals surface area contributed by atoms with Crippen molar-refractivity contribution in [3.05, 3.63) is 30.1 Å². The van der Waals surface area contributed by atoms with Crippen LogP contribution < -0.4 is 5.73 Å². The van der Waals surface area contributed by atoms with Gasteiger partial charge in [0.05, 0.1) is 0 Å². The van der Waals surface area contributed by atoms with Gasteiger partial charge in [-0.05, 0) is 12.1 Å². The molecule has 0 aliphatic heterocycles. The number of hydrogen-bond donors (Lipinski definition) is 2. The van der Waals surface area contributed by atoms with Crippen molar-refractivity contribution in [2.45, 2.75) is 0 Å². The summed E-state index contributed by atoms with van der Waals surface area (Å²) in [5, 5.41) is 13.0. The first-order chi connectivity index (χ1) is 6.66. The summed E-state index contributed by atoms with van der Waals surface area (Å²) >= 11 is 0. The predicted molar refractivity (Wildman–Crippen MR) is 48.0 cm³/mol. The molecule has 0 saturated carbocycles. The molecule has 2 aromatic rings. The lowest BCUT2D eigenvalue weighted by Crippen LogP contribution is -1.80. The van der Waals surface area contributed by atoms with Gasteiger partial charge in [0.1, 0.15) is 17.3 Å². The summed E-state index contributed by atoms with van der Waals surface area (Å²) in [7, 11) is 0. The average molecular weight is 194 g/mol. The van der Waals surface area contributed by atoms with Crippen molar-refractivity contribution in [1.29, 1.82) is 0 Å². The Morgan fingerprint density at radius 2 is 2.14 bits per heavy atom. The van der Waals surface area contributed by atoms with Crippen LogP contribution in [-0.2, 0) is 0 Å². The van der Waals surface area contributed by atoms with Crippen LogP contribution in [-0.4, -0.2) is 10.3 Å². The van der Waals surface area contributed by atoms with E-state index in [0.29, 0.717) is 11.3 Å². The Kier molecular flexibility index (Phi) is 1.85. The summed E-state index contributed by atoms with van der Waals surface area (Å²) in [6.45, 7) is 0. The van der Waals surface area contributed by atoms with E-state index in [4.69, 9.17) is 5.73 Å². The first kappa shape index (κ1) is 8.55. The summed E-state index contributed by atoms with van der Waals surface area (Å²) in [4.78, 5) is 0. The standard InChI is InChI=1S/C9H7FN2O2/c10-5-1-2-6(8(13)3-5)7-4-9(11)14-12-7/h1-4,13H,11H2. The molecule has 0 atom stereocenters. The third-order valence-electron chi connectivity index (χ3n) is 1.76. The van der Waals surface area contributed by atoms with Crippen molar-refractivity contribution in [3.8, 4) is 17.0 Å². The minimum atomic E-state index is -0.511. The first-order valence-corrected chi connectivity index (χ1v) is 3.88. The topological polar surface area (TPSA) is 72.3 Å². The van der Waals surface area contributed by atoms with Gasteiger partial charge < -0.3 is 15.4 Å². The van der Waals surface area contributed by atoms with E-state index < -0.39 is 5.82 Å². The normalized spacial score (nSPS) is 10.4. The van der Waals surface area contributed by atoms with E-state index in [0.717, 1.165) is 6.07 Å². The summed E-state index contributed by atoms with van der Waals surface area (Å²) in [6.07, 6.45) is 0. The van der Waals surface area contributed by atoms with Crippen LogP contribution in [0.5, 0.6) is 5.75 Å². The van der Waals surface area contributed by atoms with E-state index in [1.807, 2.05) is 0 Å². The zero-order valence-corrected chi connectivity index (χ0v) is 7.07. The van der Waals surface area contributed by atoms with Crippen molar-refractivity contribution < 1.29 is 14.0 Å². The molecule has 3 N–H and O–H groups in total. The largest absolute Gasteiger partial charge is 0.507 e. The van der Waals surface area contributed by atoms with Gasteiger partial charge in [0.25, 0.3) is 0 Å². The molecule has 1 heterocycles. The fourth-order valence-corrected chi connectivity index (χ4v) is 1.14. The van der Waals surface area contributed by atoms with Gasteiger partial charge in [-0.2, -0.15) is 0 Å². The van der Waals surface area contributed by atoms with Gasteiger partial charge in [-0.15, -0.1) is 0 Å². The molecule has 0 amide bonds. The second-order valence-corrected chi connectivity index (χ2v) is 2.78. The number of benzene rings is 1. The van der Waals surface area contributed by atoms with Crippen LogP contribution in [0.2, 0.25) is 0 Å². The predicted octanol–water partition coefficient (Wildman–Crippen LogP) is 1.77. The number of phenols is 1. The van der Waals surface area contributed by atoms with Crippen molar-refractivity contribution in [1.82, 2.24) is 5.16 Å². The van der Waals surface area contributed by atoms with Crippen LogP contribution in [0.4, 0.5) is 10.3 Å². The Bertz CT molecular complexity index is 468. The fourth-order valence-electron chi connectivity index (χ4n) is 1.14. The molecule has 72 valence electrons. The number of phenolic OH excluding ortho intramolecular Hbond substituents is 1. The lowest BCUT2D eigenvalue weighted by atomic mass is 10.1. The zero-order chi connectivity index (χ0) is 10.1. The van der Waals surface area contributed by atoms with Gasteiger partial charge in [0.2, 0.25) is 5.88 Å². The highest BCUT2D eigenvalue weighted by Gasteiger charge is 2.09. The molecule has 0 spiro atoms. The molecule has 0 fully saturated rings. The lowest BCUT2D eigenvalue weighted by molar-refractivity contribution is 0.437. The van der Waals surface area contributed by atoms with E-state index in [9.17, 15) is 9.50 Å². The molecular weight excluding hydrogens is 187 g/mol. The molecule has 0 unspecified atom stereocenters. The molecular formula is C9H7FN2O2. The summed E-state index contributed by atoms with van der Waals surface area (Å²) < 4.78 is 17.3. The van der Waals surface area contributed by atoms with E-state index in [1.54, 1.807) is 0 Å². The Morgan fingerprint density at radius 3 is 2.71 bits per heavy atom. The molecule has 0 radical (unpaired) electrons. The van der Waals surface area contributed by atoms with Crippen LogP contribution in [0.15, 0.2) is 28.8 Å². The monoisotopic (exact) mass is 194 g/mol. The van der Waals surface area contributed by atoms with Crippen LogP contribution in [0.25, 0.3) is 11.3 Å². The number of nitrogens with zero attached hydrogens (tertiary/aromatic N) is 1. The second-order valence-electron chi connectivity index (χ2n) is 2.78. The van der Waals surface area contributed by atoms with Crippen molar-refractivity contribution >= 4 is 5.88 Å². The molecule has 0 aliphatic carbocycles. The van der Waals surface area contributed by atoms with E-state index in [-0.39, 0.29) is 11.6 Å². The van der Waals surface area contributed by atoms with Crippen molar-refractivity contribution in [3.63, 3.8) is 0 Å². The van der Waals surface area contributed by atoms with Crippen LogP contribution >= 0.6 is 0 Å². The number of anilines is 1. The highest BCUT2D eigenvalue weighted by Crippen LogP contribution is 2.29. The average Bonchev–Trinajstić information content (AvgIpc) is 2.51. The summed E-state index contributed by atoms with van der Waals surface area (Å²) in [5.41, 5.74) is 6.07. The highest BCUT2D eigenvalue weighted by molar-refractivity contribution is 5.67. The molecule has 0 saturated heterocycles. The Morgan fingerprint density at radius 1 is 1.36 bits per heavy atom.